The lowest BCUT2D eigenvalue weighted by Gasteiger charge is -2.12. The van der Waals surface area contributed by atoms with Crippen LogP contribution < -0.4 is 5.32 Å². The largest absolute Gasteiger partial charge is 0.467 e. The van der Waals surface area contributed by atoms with Gasteiger partial charge in [-0.05, 0) is 36.6 Å². The van der Waals surface area contributed by atoms with Gasteiger partial charge in [0.1, 0.15) is 10.6 Å². The van der Waals surface area contributed by atoms with Gasteiger partial charge in [0.15, 0.2) is 6.10 Å². The van der Waals surface area contributed by atoms with E-state index in [0.717, 1.165) is 10.1 Å². The number of amides is 1. The van der Waals surface area contributed by atoms with Crippen molar-refractivity contribution in [2.75, 3.05) is 0 Å². The van der Waals surface area contributed by atoms with Gasteiger partial charge >= 0.3 is 5.97 Å². The maximum Gasteiger partial charge on any atom is 0.349 e. The number of carbonyl (C=O) groups excluding carboxylic acids is 2. The average molecular weight is 329 g/mol. The van der Waals surface area contributed by atoms with Gasteiger partial charge in [0, 0.05) is 4.70 Å². The maximum atomic E-state index is 12.2. The fraction of sp³-hybridized carbons (Fsp3) is 0.176. The van der Waals surface area contributed by atoms with Crippen LogP contribution in [0.15, 0.2) is 53.1 Å². The van der Waals surface area contributed by atoms with Gasteiger partial charge in [0.05, 0.1) is 12.8 Å². The first-order valence-electron chi connectivity index (χ1n) is 7.13. The number of thiophene rings is 1. The van der Waals surface area contributed by atoms with E-state index in [1.165, 1.54) is 17.6 Å². The Bertz CT molecular complexity index is 789. The molecule has 5 nitrogen and oxygen atoms in total. The molecule has 2 heterocycles. The zero-order valence-electron chi connectivity index (χ0n) is 12.4. The molecule has 0 aliphatic carbocycles. The number of rotatable bonds is 5. The van der Waals surface area contributed by atoms with Crippen molar-refractivity contribution in [3.05, 3.63) is 59.4 Å². The summed E-state index contributed by atoms with van der Waals surface area (Å²) < 4.78 is 11.4. The highest BCUT2D eigenvalue weighted by Gasteiger charge is 2.20. The highest BCUT2D eigenvalue weighted by molar-refractivity contribution is 7.20. The summed E-state index contributed by atoms with van der Waals surface area (Å²) in [6, 6.07) is 13.0. The third-order valence-electron chi connectivity index (χ3n) is 3.30. The van der Waals surface area contributed by atoms with E-state index in [-0.39, 0.29) is 12.5 Å². The summed E-state index contributed by atoms with van der Waals surface area (Å²) in [4.78, 5) is 24.6. The third kappa shape index (κ3) is 3.60. The lowest BCUT2D eigenvalue weighted by Crippen LogP contribution is -2.35. The first-order chi connectivity index (χ1) is 11.1. The molecule has 1 unspecified atom stereocenters. The molecule has 0 aliphatic rings. The van der Waals surface area contributed by atoms with E-state index in [1.807, 2.05) is 24.3 Å². The molecular weight excluding hydrogens is 314 g/mol. The number of nitrogens with one attached hydrogen (secondary N) is 1. The van der Waals surface area contributed by atoms with Crippen LogP contribution in [-0.2, 0) is 16.1 Å². The van der Waals surface area contributed by atoms with Gasteiger partial charge < -0.3 is 14.5 Å². The molecule has 1 amide bonds. The molecule has 0 spiro atoms. The van der Waals surface area contributed by atoms with Crippen LogP contribution in [-0.4, -0.2) is 18.0 Å². The maximum absolute atomic E-state index is 12.2. The molecule has 1 aromatic carbocycles. The Morgan fingerprint density at radius 3 is 2.83 bits per heavy atom. The molecule has 2 aromatic heterocycles. The molecule has 1 N–H and O–H groups in total. The van der Waals surface area contributed by atoms with E-state index in [9.17, 15) is 9.59 Å². The van der Waals surface area contributed by atoms with Crippen LogP contribution in [0.5, 0.6) is 0 Å². The van der Waals surface area contributed by atoms with E-state index in [1.54, 1.807) is 25.1 Å². The van der Waals surface area contributed by atoms with Crippen LogP contribution in [0.3, 0.4) is 0 Å². The second-order valence-corrected chi connectivity index (χ2v) is 6.08. The first-order valence-corrected chi connectivity index (χ1v) is 7.95. The topological polar surface area (TPSA) is 68.5 Å². The molecule has 0 fully saturated rings. The number of benzene rings is 1. The Labute approximate surface area is 136 Å². The summed E-state index contributed by atoms with van der Waals surface area (Å²) in [6.45, 7) is 1.80. The molecule has 3 rings (SSSR count). The number of hydrogen-bond donors (Lipinski definition) is 1. The SMILES string of the molecule is CC(OC(=O)c1cc2ccccc2s1)C(=O)NCc1ccco1. The summed E-state index contributed by atoms with van der Waals surface area (Å²) in [6.07, 6.45) is 0.662. The smallest absolute Gasteiger partial charge is 0.349 e. The van der Waals surface area contributed by atoms with Crippen molar-refractivity contribution in [1.82, 2.24) is 5.32 Å². The lowest BCUT2D eigenvalue weighted by atomic mass is 10.2. The molecular formula is C17H15NO4S. The molecule has 0 saturated carbocycles. The highest BCUT2D eigenvalue weighted by atomic mass is 32.1. The predicted molar refractivity (Wildman–Crippen MR) is 87.3 cm³/mol. The number of hydrogen-bond acceptors (Lipinski definition) is 5. The van der Waals surface area contributed by atoms with Crippen molar-refractivity contribution in [3.63, 3.8) is 0 Å². The second kappa shape index (κ2) is 6.66. The van der Waals surface area contributed by atoms with Crippen LogP contribution in [0.25, 0.3) is 10.1 Å². The van der Waals surface area contributed by atoms with Crippen molar-refractivity contribution < 1.29 is 18.7 Å². The van der Waals surface area contributed by atoms with E-state index < -0.39 is 12.1 Å². The van der Waals surface area contributed by atoms with Crippen molar-refractivity contribution in [2.45, 2.75) is 19.6 Å². The highest BCUT2D eigenvalue weighted by Crippen LogP contribution is 2.26. The average Bonchev–Trinajstić information content (AvgIpc) is 3.21. The minimum atomic E-state index is -0.873. The first kappa shape index (κ1) is 15.3. The predicted octanol–water partition coefficient (Wildman–Crippen LogP) is 3.36. The summed E-state index contributed by atoms with van der Waals surface area (Å²) >= 11 is 1.35. The van der Waals surface area contributed by atoms with Gasteiger partial charge in [0.25, 0.3) is 5.91 Å². The van der Waals surface area contributed by atoms with Gasteiger partial charge in [0.2, 0.25) is 0 Å². The Kier molecular flexibility index (Phi) is 4.43. The number of furan rings is 1. The molecule has 3 aromatic rings. The van der Waals surface area contributed by atoms with Crippen LogP contribution in [0.1, 0.15) is 22.4 Å². The molecule has 118 valence electrons. The Hall–Kier alpha value is -2.60. The fourth-order valence-corrected chi connectivity index (χ4v) is 3.03. The van der Waals surface area contributed by atoms with Gasteiger partial charge in [-0.25, -0.2) is 4.79 Å². The fourth-order valence-electron chi connectivity index (χ4n) is 2.09. The molecule has 0 saturated heterocycles. The summed E-state index contributed by atoms with van der Waals surface area (Å²) in [7, 11) is 0. The van der Waals surface area contributed by atoms with Crippen LogP contribution in [0.4, 0.5) is 0 Å². The standard InChI is InChI=1S/C17H15NO4S/c1-11(16(19)18-10-13-6-4-8-21-13)22-17(20)15-9-12-5-2-3-7-14(12)23-15/h2-9,11H,10H2,1H3,(H,18,19). The van der Waals surface area contributed by atoms with E-state index in [2.05, 4.69) is 5.32 Å². The molecule has 0 aliphatic heterocycles. The Balaban J connectivity index is 1.58. The van der Waals surface area contributed by atoms with Gasteiger partial charge in [-0.3, -0.25) is 4.79 Å². The minimum Gasteiger partial charge on any atom is -0.467 e. The van der Waals surface area contributed by atoms with Crippen LogP contribution in [0, 0.1) is 0 Å². The monoisotopic (exact) mass is 329 g/mol. The molecule has 0 radical (unpaired) electrons. The van der Waals surface area contributed by atoms with Crippen molar-refractivity contribution in [1.29, 1.82) is 0 Å². The van der Waals surface area contributed by atoms with Crippen molar-refractivity contribution >= 4 is 33.3 Å². The summed E-state index contributed by atoms with van der Waals surface area (Å²) in [5.74, 6) is -0.218. The number of ether oxygens (including phenoxy) is 1. The number of carbonyl (C=O) groups is 2. The Morgan fingerprint density at radius 2 is 2.09 bits per heavy atom. The van der Waals surface area contributed by atoms with E-state index in [0.29, 0.717) is 10.6 Å². The molecule has 23 heavy (non-hydrogen) atoms. The van der Waals surface area contributed by atoms with Gasteiger partial charge in [-0.1, -0.05) is 18.2 Å². The van der Waals surface area contributed by atoms with Gasteiger partial charge in [-0.15, -0.1) is 11.3 Å². The van der Waals surface area contributed by atoms with Crippen LogP contribution in [0.2, 0.25) is 0 Å². The molecule has 0 bridgehead atoms. The zero-order chi connectivity index (χ0) is 16.2. The van der Waals surface area contributed by atoms with E-state index in [4.69, 9.17) is 9.15 Å². The Morgan fingerprint density at radius 1 is 1.26 bits per heavy atom. The van der Waals surface area contributed by atoms with Gasteiger partial charge in [-0.2, -0.15) is 0 Å². The normalized spacial score (nSPS) is 12.0. The lowest BCUT2D eigenvalue weighted by molar-refractivity contribution is -0.129. The number of esters is 1. The second-order valence-electron chi connectivity index (χ2n) is 4.99. The van der Waals surface area contributed by atoms with E-state index >= 15 is 0 Å². The van der Waals surface area contributed by atoms with Crippen molar-refractivity contribution in [2.24, 2.45) is 0 Å². The van der Waals surface area contributed by atoms with Crippen molar-refractivity contribution in [3.8, 4) is 0 Å². The van der Waals surface area contributed by atoms with Crippen LogP contribution >= 0.6 is 11.3 Å². The zero-order valence-corrected chi connectivity index (χ0v) is 13.3. The molecule has 6 heteroatoms. The quantitative estimate of drug-likeness (QED) is 0.729. The third-order valence-corrected chi connectivity index (χ3v) is 4.39. The number of fused-ring (bicyclic) bond motifs is 1. The summed E-state index contributed by atoms with van der Waals surface area (Å²) in [5.41, 5.74) is 0. The molecule has 1 atom stereocenters. The minimum absolute atomic E-state index is 0.261. The summed E-state index contributed by atoms with van der Waals surface area (Å²) in [5, 5.41) is 3.65.